The van der Waals surface area contributed by atoms with Crippen molar-refractivity contribution in [1.82, 2.24) is 4.90 Å². The molecule has 1 rings (SSSR count). The molecule has 0 bridgehead atoms. The first kappa shape index (κ1) is 16.3. The Morgan fingerprint density at radius 2 is 2.20 bits per heavy atom. The average molecular weight is 297 g/mol. The van der Waals surface area contributed by atoms with Crippen LogP contribution in [0, 0.1) is 10.1 Å². The largest absolute Gasteiger partial charge is 0.393 e. The zero-order valence-electron chi connectivity index (χ0n) is 11.8. The second-order valence-corrected chi connectivity index (χ2v) is 5.37. The van der Waals surface area contributed by atoms with E-state index in [1.807, 2.05) is 13.2 Å². The number of amides is 1. The molecule has 0 heterocycles. The molecule has 1 aromatic carbocycles. The molecule has 0 radical (unpaired) electrons. The minimum Gasteiger partial charge on any atom is -0.393 e. The summed E-state index contributed by atoms with van der Waals surface area (Å²) in [5.41, 5.74) is 5.81. The molecule has 6 nitrogen and oxygen atoms in total. The van der Waals surface area contributed by atoms with Crippen LogP contribution in [0.2, 0.25) is 0 Å². The van der Waals surface area contributed by atoms with Crippen molar-refractivity contribution in [3.8, 4) is 0 Å². The maximum atomic E-state index is 12.3. The molecular weight excluding hydrogens is 278 g/mol. The van der Waals surface area contributed by atoms with E-state index in [0.717, 1.165) is 12.2 Å². The van der Waals surface area contributed by atoms with Crippen LogP contribution in [-0.4, -0.2) is 40.8 Å². The standard InChI is InChI=1S/C13H19N3O3S/c1-4-10(8-20-3)15(2)13(17)9-5-6-12(16(18)19)11(14)7-9/h5-7,10H,4,8,14H2,1-3H3. The van der Waals surface area contributed by atoms with Gasteiger partial charge in [0.2, 0.25) is 0 Å². The topological polar surface area (TPSA) is 89.5 Å². The van der Waals surface area contributed by atoms with Crippen molar-refractivity contribution >= 4 is 29.0 Å². The molecule has 0 aliphatic heterocycles. The SMILES string of the molecule is CCC(CSC)N(C)C(=O)c1ccc([N+](=O)[O-])c(N)c1. The van der Waals surface area contributed by atoms with Crippen LogP contribution in [0.15, 0.2) is 18.2 Å². The Labute approximate surface area is 122 Å². The number of benzene rings is 1. The predicted octanol–water partition coefficient (Wildman–Crippen LogP) is 2.39. The molecule has 0 fully saturated rings. The number of anilines is 1. The number of thioether (sulfide) groups is 1. The number of nitro groups is 1. The maximum Gasteiger partial charge on any atom is 0.292 e. The molecule has 110 valence electrons. The summed E-state index contributed by atoms with van der Waals surface area (Å²) >= 11 is 1.68. The summed E-state index contributed by atoms with van der Waals surface area (Å²) in [7, 11) is 1.74. The number of hydrogen-bond acceptors (Lipinski definition) is 5. The first-order valence-electron chi connectivity index (χ1n) is 6.22. The van der Waals surface area contributed by atoms with E-state index >= 15 is 0 Å². The molecule has 0 spiro atoms. The first-order chi connectivity index (χ1) is 9.42. The van der Waals surface area contributed by atoms with Gasteiger partial charge in [0.15, 0.2) is 0 Å². The van der Waals surface area contributed by atoms with Crippen molar-refractivity contribution in [2.45, 2.75) is 19.4 Å². The fraction of sp³-hybridized carbons (Fsp3) is 0.462. The van der Waals surface area contributed by atoms with Crippen LogP contribution in [0.25, 0.3) is 0 Å². The Morgan fingerprint density at radius 1 is 1.55 bits per heavy atom. The van der Waals surface area contributed by atoms with Gasteiger partial charge in [0.25, 0.3) is 11.6 Å². The number of hydrogen-bond donors (Lipinski definition) is 1. The molecule has 20 heavy (non-hydrogen) atoms. The lowest BCUT2D eigenvalue weighted by molar-refractivity contribution is -0.383. The fourth-order valence-electron chi connectivity index (χ4n) is 1.92. The monoisotopic (exact) mass is 297 g/mol. The minimum absolute atomic E-state index is 0.00663. The van der Waals surface area contributed by atoms with E-state index < -0.39 is 4.92 Å². The third kappa shape index (κ3) is 3.63. The Balaban J connectivity index is 2.97. The number of carbonyl (C=O) groups is 1. The van der Waals surface area contributed by atoms with Crippen LogP contribution in [-0.2, 0) is 0 Å². The molecule has 1 atom stereocenters. The fourth-order valence-corrected chi connectivity index (χ4v) is 2.76. The van der Waals surface area contributed by atoms with E-state index in [4.69, 9.17) is 5.73 Å². The number of nitro benzene ring substituents is 1. The van der Waals surface area contributed by atoms with Gasteiger partial charge < -0.3 is 10.6 Å². The predicted molar refractivity (Wildman–Crippen MR) is 82.1 cm³/mol. The maximum absolute atomic E-state index is 12.3. The highest BCUT2D eigenvalue weighted by atomic mass is 32.2. The van der Waals surface area contributed by atoms with E-state index in [2.05, 4.69) is 0 Å². The third-order valence-corrected chi connectivity index (χ3v) is 3.89. The normalized spacial score (nSPS) is 11.9. The number of nitrogen functional groups attached to an aromatic ring is 1. The van der Waals surface area contributed by atoms with Gasteiger partial charge in [-0.05, 0) is 24.8 Å². The van der Waals surface area contributed by atoms with Crippen LogP contribution in [0.5, 0.6) is 0 Å². The van der Waals surface area contributed by atoms with Gasteiger partial charge in [-0.2, -0.15) is 11.8 Å². The van der Waals surface area contributed by atoms with Crippen molar-refractivity contribution in [3.05, 3.63) is 33.9 Å². The average Bonchev–Trinajstić information content (AvgIpc) is 2.42. The first-order valence-corrected chi connectivity index (χ1v) is 7.61. The summed E-state index contributed by atoms with van der Waals surface area (Å²) in [5, 5.41) is 10.7. The van der Waals surface area contributed by atoms with Gasteiger partial charge in [-0.1, -0.05) is 6.92 Å². The van der Waals surface area contributed by atoms with Gasteiger partial charge in [0, 0.05) is 30.5 Å². The van der Waals surface area contributed by atoms with Gasteiger partial charge in [-0.25, -0.2) is 0 Å². The molecule has 0 saturated heterocycles. The smallest absolute Gasteiger partial charge is 0.292 e. The van der Waals surface area contributed by atoms with Crippen molar-refractivity contribution in [2.75, 3.05) is 24.8 Å². The summed E-state index contributed by atoms with van der Waals surface area (Å²) in [6.45, 7) is 2.02. The number of rotatable bonds is 6. The molecule has 0 saturated carbocycles. The van der Waals surface area contributed by atoms with Crippen LogP contribution >= 0.6 is 11.8 Å². The van der Waals surface area contributed by atoms with E-state index in [0.29, 0.717) is 5.56 Å². The van der Waals surface area contributed by atoms with Crippen molar-refractivity contribution < 1.29 is 9.72 Å². The van der Waals surface area contributed by atoms with Gasteiger partial charge in [0.1, 0.15) is 5.69 Å². The molecule has 7 heteroatoms. The van der Waals surface area contributed by atoms with E-state index in [9.17, 15) is 14.9 Å². The number of nitrogens with two attached hydrogens (primary N) is 1. The quantitative estimate of drug-likeness (QED) is 0.494. The summed E-state index contributed by atoms with van der Waals surface area (Å²) in [5.74, 6) is 0.675. The Bertz CT molecular complexity index is 508. The van der Waals surface area contributed by atoms with Crippen molar-refractivity contribution in [1.29, 1.82) is 0 Å². The van der Waals surface area contributed by atoms with Crippen LogP contribution in [0.1, 0.15) is 23.7 Å². The molecule has 1 aromatic rings. The highest BCUT2D eigenvalue weighted by Crippen LogP contribution is 2.23. The second-order valence-electron chi connectivity index (χ2n) is 4.46. The third-order valence-electron chi connectivity index (χ3n) is 3.17. The van der Waals surface area contributed by atoms with Gasteiger partial charge in [-0.15, -0.1) is 0 Å². The van der Waals surface area contributed by atoms with Crippen LogP contribution < -0.4 is 5.73 Å². The van der Waals surface area contributed by atoms with E-state index in [1.165, 1.54) is 18.2 Å². The lowest BCUT2D eigenvalue weighted by Crippen LogP contribution is -2.38. The molecule has 1 amide bonds. The molecule has 0 aliphatic rings. The molecule has 1 unspecified atom stereocenters. The van der Waals surface area contributed by atoms with Gasteiger partial charge in [0.05, 0.1) is 4.92 Å². The van der Waals surface area contributed by atoms with Gasteiger partial charge in [-0.3, -0.25) is 14.9 Å². The van der Waals surface area contributed by atoms with Crippen molar-refractivity contribution in [2.24, 2.45) is 0 Å². The summed E-state index contributed by atoms with van der Waals surface area (Å²) in [6.07, 6.45) is 2.84. The zero-order valence-corrected chi connectivity index (χ0v) is 12.6. The Morgan fingerprint density at radius 3 is 2.65 bits per heavy atom. The van der Waals surface area contributed by atoms with Crippen LogP contribution in [0.4, 0.5) is 11.4 Å². The zero-order chi connectivity index (χ0) is 15.3. The number of carbonyl (C=O) groups excluding carboxylic acids is 1. The summed E-state index contributed by atoms with van der Waals surface area (Å²) in [6, 6.07) is 4.21. The Kier molecular flexibility index (Phi) is 5.82. The van der Waals surface area contributed by atoms with Gasteiger partial charge >= 0.3 is 0 Å². The van der Waals surface area contributed by atoms with Crippen molar-refractivity contribution in [3.63, 3.8) is 0 Å². The van der Waals surface area contributed by atoms with Crippen LogP contribution in [0.3, 0.4) is 0 Å². The highest BCUT2D eigenvalue weighted by molar-refractivity contribution is 7.98. The molecule has 0 aromatic heterocycles. The lowest BCUT2D eigenvalue weighted by Gasteiger charge is -2.26. The lowest BCUT2D eigenvalue weighted by atomic mass is 10.1. The molecular formula is C13H19N3O3S. The Hall–Kier alpha value is -1.76. The van der Waals surface area contributed by atoms with E-state index in [-0.39, 0.29) is 23.3 Å². The highest BCUT2D eigenvalue weighted by Gasteiger charge is 2.21. The molecule has 0 aliphatic carbocycles. The number of nitrogens with zero attached hydrogens (tertiary/aromatic N) is 2. The molecule has 2 N–H and O–H groups in total. The van der Waals surface area contributed by atoms with E-state index in [1.54, 1.807) is 23.7 Å². The minimum atomic E-state index is -0.560. The second kappa shape index (κ2) is 7.14. The summed E-state index contributed by atoms with van der Waals surface area (Å²) in [4.78, 5) is 24.2. The summed E-state index contributed by atoms with van der Waals surface area (Å²) < 4.78 is 0.